The van der Waals surface area contributed by atoms with Crippen LogP contribution in [-0.4, -0.2) is 12.6 Å². The minimum absolute atomic E-state index is 0.0715. The summed E-state index contributed by atoms with van der Waals surface area (Å²) >= 11 is 0. The van der Waals surface area contributed by atoms with E-state index in [4.69, 9.17) is 4.74 Å². The zero-order chi connectivity index (χ0) is 13.2. The molecule has 3 saturated carbocycles. The fourth-order valence-electron chi connectivity index (χ4n) is 6.68. The quantitative estimate of drug-likeness (QED) is 0.710. The molecular weight excluding hydrogens is 236 g/mol. The number of carbonyl (C=O) groups is 1. The molecule has 1 heterocycles. The molecule has 2 bridgehead atoms. The summed E-state index contributed by atoms with van der Waals surface area (Å²) in [7, 11) is 0. The molecule has 0 amide bonds. The highest BCUT2D eigenvalue weighted by molar-refractivity contribution is 5.72. The lowest BCUT2D eigenvalue weighted by Crippen LogP contribution is -2.38. The van der Waals surface area contributed by atoms with Crippen LogP contribution in [0, 0.1) is 40.9 Å². The van der Waals surface area contributed by atoms with Gasteiger partial charge in [0, 0.05) is 5.41 Å². The molecule has 3 aliphatic carbocycles. The Bertz CT molecular complexity index is 404. The van der Waals surface area contributed by atoms with Gasteiger partial charge in [-0.2, -0.15) is 0 Å². The number of carbonyl (C=O) groups excluding carboxylic acids is 1. The summed E-state index contributed by atoms with van der Waals surface area (Å²) in [6.45, 7) is 5.49. The van der Waals surface area contributed by atoms with E-state index in [2.05, 4.69) is 13.8 Å². The van der Waals surface area contributed by atoms with Crippen molar-refractivity contribution < 1.29 is 9.53 Å². The maximum Gasteiger partial charge on any atom is 0.306 e. The molecule has 4 rings (SSSR count). The average Bonchev–Trinajstić information content (AvgIpc) is 3.11. The van der Waals surface area contributed by atoms with Crippen LogP contribution in [0.5, 0.6) is 0 Å². The maximum atomic E-state index is 11.6. The smallest absolute Gasteiger partial charge is 0.306 e. The van der Waals surface area contributed by atoms with Gasteiger partial charge in [-0.1, -0.05) is 26.7 Å². The van der Waals surface area contributed by atoms with Crippen LogP contribution in [0.2, 0.25) is 0 Å². The number of cyclic esters (lactones) is 1. The van der Waals surface area contributed by atoms with Crippen molar-refractivity contribution in [2.24, 2.45) is 40.9 Å². The molecule has 0 aromatic rings. The largest absolute Gasteiger partial charge is 0.465 e. The Balaban J connectivity index is 1.65. The van der Waals surface area contributed by atoms with Crippen molar-refractivity contribution in [2.45, 2.75) is 52.4 Å². The molecule has 0 aromatic heterocycles. The van der Waals surface area contributed by atoms with E-state index in [1.807, 2.05) is 0 Å². The van der Waals surface area contributed by atoms with Gasteiger partial charge in [-0.25, -0.2) is 0 Å². The first-order chi connectivity index (χ1) is 9.18. The van der Waals surface area contributed by atoms with Crippen LogP contribution in [-0.2, 0) is 9.53 Å². The first kappa shape index (κ1) is 12.2. The molecule has 1 aliphatic heterocycles. The van der Waals surface area contributed by atoms with Gasteiger partial charge in [0.2, 0.25) is 0 Å². The third kappa shape index (κ3) is 1.46. The molecule has 0 aromatic carbocycles. The Morgan fingerprint density at radius 2 is 1.89 bits per heavy atom. The number of esters is 1. The Hall–Kier alpha value is -0.530. The summed E-state index contributed by atoms with van der Waals surface area (Å²) < 4.78 is 5.37. The van der Waals surface area contributed by atoms with Crippen molar-refractivity contribution >= 4 is 5.97 Å². The summed E-state index contributed by atoms with van der Waals surface area (Å²) in [4.78, 5) is 11.6. The lowest BCUT2D eigenvalue weighted by Gasteiger charge is -2.41. The Morgan fingerprint density at radius 3 is 2.53 bits per heavy atom. The minimum atomic E-state index is 0.0715. The van der Waals surface area contributed by atoms with Crippen LogP contribution in [0.3, 0.4) is 0 Å². The third-order valence-electron chi connectivity index (χ3n) is 7.23. The predicted octanol–water partition coefficient (Wildman–Crippen LogP) is 3.65. The van der Waals surface area contributed by atoms with Gasteiger partial charge in [-0.05, 0) is 54.8 Å². The molecule has 4 aliphatic rings. The van der Waals surface area contributed by atoms with Gasteiger partial charge in [-0.3, -0.25) is 4.79 Å². The molecule has 4 fully saturated rings. The van der Waals surface area contributed by atoms with E-state index in [9.17, 15) is 4.79 Å². The van der Waals surface area contributed by atoms with Gasteiger partial charge < -0.3 is 4.74 Å². The van der Waals surface area contributed by atoms with Gasteiger partial charge in [0.15, 0.2) is 0 Å². The summed E-state index contributed by atoms with van der Waals surface area (Å²) in [6, 6.07) is 0. The van der Waals surface area contributed by atoms with Crippen molar-refractivity contribution in [2.75, 3.05) is 6.61 Å². The van der Waals surface area contributed by atoms with Crippen molar-refractivity contribution in [1.82, 2.24) is 0 Å². The normalized spacial score (nSPS) is 54.9. The van der Waals surface area contributed by atoms with Gasteiger partial charge in [0.25, 0.3) is 0 Å². The number of hydrogen-bond donors (Lipinski definition) is 0. The lowest BCUT2D eigenvalue weighted by atomic mass is 9.62. The SMILES string of the molecule is CCC1CC(CC)C2C1C1CC2C2(COC(=O)C2)C1. The second kappa shape index (κ2) is 3.99. The number of rotatable bonds is 2. The standard InChI is InChI=1S/C17H26O2/c1-3-10-5-11(4-2)16-13-6-12(15(10)16)7-17(13)8-14(18)19-9-17/h10-13,15-16H,3-9H2,1-2H3. The van der Waals surface area contributed by atoms with Gasteiger partial charge in [0.1, 0.15) is 0 Å². The minimum Gasteiger partial charge on any atom is -0.465 e. The zero-order valence-corrected chi connectivity index (χ0v) is 12.2. The van der Waals surface area contributed by atoms with Crippen LogP contribution in [0.15, 0.2) is 0 Å². The lowest BCUT2D eigenvalue weighted by molar-refractivity contribution is -0.137. The summed E-state index contributed by atoms with van der Waals surface area (Å²) in [5.74, 6) is 5.59. The summed E-state index contributed by atoms with van der Waals surface area (Å²) in [5.41, 5.74) is 0.263. The van der Waals surface area contributed by atoms with E-state index in [-0.39, 0.29) is 11.4 Å². The fourth-order valence-corrected chi connectivity index (χ4v) is 6.68. The second-order valence-corrected chi connectivity index (χ2v) is 7.73. The first-order valence-corrected chi connectivity index (χ1v) is 8.34. The van der Waals surface area contributed by atoms with Gasteiger partial charge in [0.05, 0.1) is 13.0 Å². The van der Waals surface area contributed by atoms with Crippen molar-refractivity contribution in [3.8, 4) is 0 Å². The average molecular weight is 262 g/mol. The van der Waals surface area contributed by atoms with Crippen LogP contribution >= 0.6 is 0 Å². The highest BCUT2D eigenvalue weighted by Crippen LogP contribution is 2.70. The highest BCUT2D eigenvalue weighted by Gasteiger charge is 2.66. The fraction of sp³-hybridized carbons (Fsp3) is 0.941. The molecule has 2 heteroatoms. The maximum absolute atomic E-state index is 11.6. The molecule has 19 heavy (non-hydrogen) atoms. The van der Waals surface area contributed by atoms with E-state index in [1.54, 1.807) is 0 Å². The molecule has 7 unspecified atom stereocenters. The highest BCUT2D eigenvalue weighted by atomic mass is 16.5. The van der Waals surface area contributed by atoms with Crippen LogP contribution in [0.1, 0.15) is 52.4 Å². The summed E-state index contributed by atoms with van der Waals surface area (Å²) in [6.07, 6.45) is 7.58. The van der Waals surface area contributed by atoms with Gasteiger partial charge in [-0.15, -0.1) is 0 Å². The molecule has 7 atom stereocenters. The van der Waals surface area contributed by atoms with E-state index < -0.39 is 0 Å². The monoisotopic (exact) mass is 262 g/mol. The van der Waals surface area contributed by atoms with Crippen LogP contribution in [0.4, 0.5) is 0 Å². The Morgan fingerprint density at radius 1 is 1.16 bits per heavy atom. The van der Waals surface area contributed by atoms with E-state index in [0.717, 1.165) is 48.5 Å². The Labute approximate surface area is 116 Å². The van der Waals surface area contributed by atoms with E-state index in [1.165, 1.54) is 32.1 Å². The first-order valence-electron chi connectivity index (χ1n) is 8.34. The third-order valence-corrected chi connectivity index (χ3v) is 7.23. The molecular formula is C17H26O2. The number of ether oxygens (including phenoxy) is 1. The molecule has 106 valence electrons. The van der Waals surface area contributed by atoms with Crippen molar-refractivity contribution in [3.05, 3.63) is 0 Å². The predicted molar refractivity (Wildman–Crippen MR) is 73.4 cm³/mol. The van der Waals surface area contributed by atoms with E-state index >= 15 is 0 Å². The second-order valence-electron chi connectivity index (χ2n) is 7.73. The number of hydrogen-bond acceptors (Lipinski definition) is 2. The van der Waals surface area contributed by atoms with E-state index in [0.29, 0.717) is 0 Å². The molecule has 2 nitrogen and oxygen atoms in total. The Kier molecular flexibility index (Phi) is 2.57. The van der Waals surface area contributed by atoms with Crippen LogP contribution in [0.25, 0.3) is 0 Å². The molecule has 1 saturated heterocycles. The summed E-state index contributed by atoms with van der Waals surface area (Å²) in [5, 5.41) is 0. The van der Waals surface area contributed by atoms with Crippen molar-refractivity contribution in [1.29, 1.82) is 0 Å². The topological polar surface area (TPSA) is 26.3 Å². The van der Waals surface area contributed by atoms with Gasteiger partial charge >= 0.3 is 5.97 Å². The van der Waals surface area contributed by atoms with Crippen molar-refractivity contribution in [3.63, 3.8) is 0 Å². The van der Waals surface area contributed by atoms with Crippen LogP contribution < -0.4 is 0 Å². The zero-order valence-electron chi connectivity index (χ0n) is 12.2. The molecule has 1 spiro atoms. The molecule has 0 radical (unpaired) electrons. The number of fused-ring (bicyclic) bond motifs is 6. The molecule has 0 N–H and O–H groups in total.